The van der Waals surface area contributed by atoms with Crippen LogP contribution in [0, 0.1) is 0 Å². The molecule has 0 bridgehead atoms. The van der Waals surface area contributed by atoms with Gasteiger partial charge in [-0.05, 0) is 37.9 Å². The largest absolute Gasteiger partial charge is 0.330 e. The van der Waals surface area contributed by atoms with Gasteiger partial charge in [-0.15, -0.1) is 0 Å². The van der Waals surface area contributed by atoms with E-state index in [1.165, 1.54) is 11.1 Å². The Morgan fingerprint density at radius 1 is 1.31 bits per heavy atom. The molecule has 2 heteroatoms. The van der Waals surface area contributed by atoms with E-state index in [-0.39, 0.29) is 5.54 Å². The Hall–Kier alpha value is -0.860. The minimum absolute atomic E-state index is 0.259. The van der Waals surface area contributed by atoms with Crippen LogP contribution in [0.15, 0.2) is 24.3 Å². The molecule has 0 aromatic heterocycles. The summed E-state index contributed by atoms with van der Waals surface area (Å²) in [5, 5.41) is 0. The molecule has 0 aliphatic carbocycles. The minimum Gasteiger partial charge on any atom is -0.330 e. The maximum absolute atomic E-state index is 5.99. The molecule has 0 amide bonds. The van der Waals surface area contributed by atoms with E-state index in [1.807, 2.05) is 19.9 Å². The van der Waals surface area contributed by atoms with Gasteiger partial charge in [-0.25, -0.2) is 0 Å². The molecular formula is C11H18N2. The summed E-state index contributed by atoms with van der Waals surface area (Å²) in [5.74, 6) is 0. The van der Waals surface area contributed by atoms with Crippen LogP contribution in [0.3, 0.4) is 0 Å². The molecule has 1 aromatic rings. The van der Waals surface area contributed by atoms with Crippen molar-refractivity contribution in [3.05, 3.63) is 35.4 Å². The molecule has 4 N–H and O–H groups in total. The van der Waals surface area contributed by atoms with Gasteiger partial charge in [0, 0.05) is 5.54 Å². The summed E-state index contributed by atoms with van der Waals surface area (Å²) in [4.78, 5) is 0. The summed E-state index contributed by atoms with van der Waals surface area (Å²) in [5.41, 5.74) is 13.6. The van der Waals surface area contributed by atoms with Crippen molar-refractivity contribution >= 4 is 0 Å². The fourth-order valence-electron chi connectivity index (χ4n) is 1.29. The Morgan fingerprint density at radius 3 is 2.54 bits per heavy atom. The zero-order chi connectivity index (χ0) is 9.90. The third-order valence-electron chi connectivity index (χ3n) is 2.10. The van der Waals surface area contributed by atoms with Crippen molar-refractivity contribution < 1.29 is 0 Å². The Bertz CT molecular complexity index is 274. The first kappa shape index (κ1) is 10.2. The van der Waals surface area contributed by atoms with E-state index in [9.17, 15) is 0 Å². The zero-order valence-electron chi connectivity index (χ0n) is 8.38. The molecule has 1 aromatic carbocycles. The number of rotatable bonds is 3. The summed E-state index contributed by atoms with van der Waals surface area (Å²) < 4.78 is 0. The lowest BCUT2D eigenvalue weighted by Gasteiger charge is -2.19. The molecule has 0 spiro atoms. The van der Waals surface area contributed by atoms with E-state index >= 15 is 0 Å². The quantitative estimate of drug-likeness (QED) is 0.734. The number of nitrogens with two attached hydrogens (primary N) is 2. The lowest BCUT2D eigenvalue weighted by atomic mass is 9.93. The van der Waals surface area contributed by atoms with E-state index in [0.29, 0.717) is 6.54 Å². The average molecular weight is 178 g/mol. The van der Waals surface area contributed by atoms with Gasteiger partial charge in [-0.1, -0.05) is 24.3 Å². The van der Waals surface area contributed by atoms with Crippen LogP contribution in [0.4, 0.5) is 0 Å². The predicted molar refractivity (Wildman–Crippen MR) is 56.4 cm³/mol. The van der Waals surface area contributed by atoms with Crippen molar-refractivity contribution in [1.82, 2.24) is 0 Å². The van der Waals surface area contributed by atoms with Gasteiger partial charge < -0.3 is 11.5 Å². The topological polar surface area (TPSA) is 52.0 Å². The van der Waals surface area contributed by atoms with Crippen LogP contribution in [0.25, 0.3) is 0 Å². The highest BCUT2D eigenvalue weighted by Gasteiger charge is 2.13. The highest BCUT2D eigenvalue weighted by atomic mass is 14.7. The summed E-state index contributed by atoms with van der Waals surface area (Å²) in [6.45, 7) is 4.71. The molecule has 2 nitrogen and oxygen atoms in total. The Labute approximate surface area is 79.9 Å². The molecule has 0 radical (unpaired) electrons. The lowest BCUT2D eigenvalue weighted by Crippen LogP contribution is -2.28. The lowest BCUT2D eigenvalue weighted by molar-refractivity contribution is 0.553. The van der Waals surface area contributed by atoms with Gasteiger partial charge in [0.15, 0.2) is 0 Å². The summed E-state index contributed by atoms with van der Waals surface area (Å²) in [7, 11) is 0. The first-order chi connectivity index (χ1) is 6.04. The molecule has 0 unspecified atom stereocenters. The molecule has 0 aliphatic heterocycles. The Kier molecular flexibility index (Phi) is 3.07. The van der Waals surface area contributed by atoms with Crippen molar-refractivity contribution in [2.24, 2.45) is 11.5 Å². The molecule has 0 heterocycles. The fraction of sp³-hybridized carbons (Fsp3) is 0.455. The van der Waals surface area contributed by atoms with Crippen LogP contribution >= 0.6 is 0 Å². The third-order valence-corrected chi connectivity index (χ3v) is 2.10. The van der Waals surface area contributed by atoms with Crippen LogP contribution in [-0.4, -0.2) is 6.54 Å². The fourth-order valence-corrected chi connectivity index (χ4v) is 1.29. The molecule has 0 saturated heterocycles. The normalized spacial score (nSPS) is 11.7. The Morgan fingerprint density at radius 2 is 2.00 bits per heavy atom. The summed E-state index contributed by atoms with van der Waals surface area (Å²) in [6.07, 6.45) is 0.921. The first-order valence-corrected chi connectivity index (χ1v) is 4.62. The summed E-state index contributed by atoms with van der Waals surface area (Å²) in [6, 6.07) is 8.31. The van der Waals surface area contributed by atoms with Crippen molar-refractivity contribution in [3.8, 4) is 0 Å². The minimum atomic E-state index is -0.259. The van der Waals surface area contributed by atoms with E-state index in [1.54, 1.807) is 0 Å². The maximum atomic E-state index is 5.99. The van der Waals surface area contributed by atoms with E-state index in [4.69, 9.17) is 11.5 Å². The van der Waals surface area contributed by atoms with Crippen molar-refractivity contribution in [2.45, 2.75) is 25.8 Å². The van der Waals surface area contributed by atoms with Crippen LogP contribution in [-0.2, 0) is 12.0 Å². The second-order valence-corrected chi connectivity index (χ2v) is 3.96. The zero-order valence-corrected chi connectivity index (χ0v) is 8.38. The molecule has 1 rings (SSSR count). The molecule has 0 fully saturated rings. The third kappa shape index (κ3) is 2.83. The van der Waals surface area contributed by atoms with Gasteiger partial charge in [-0.3, -0.25) is 0 Å². The molecule has 13 heavy (non-hydrogen) atoms. The van der Waals surface area contributed by atoms with Crippen LogP contribution in [0.1, 0.15) is 25.0 Å². The van der Waals surface area contributed by atoms with Gasteiger partial charge in [0.2, 0.25) is 0 Å². The highest BCUT2D eigenvalue weighted by molar-refractivity contribution is 5.28. The van der Waals surface area contributed by atoms with Gasteiger partial charge in [0.1, 0.15) is 0 Å². The van der Waals surface area contributed by atoms with E-state index in [0.717, 1.165) is 6.42 Å². The van der Waals surface area contributed by atoms with Gasteiger partial charge in [0.05, 0.1) is 0 Å². The monoisotopic (exact) mass is 178 g/mol. The molecular weight excluding hydrogens is 160 g/mol. The number of hydrogen-bond acceptors (Lipinski definition) is 2. The average Bonchev–Trinajstić information content (AvgIpc) is 2.04. The predicted octanol–water partition coefficient (Wildman–Crippen LogP) is 1.38. The SMILES string of the molecule is CC(C)(N)c1cccc(CCN)c1. The van der Waals surface area contributed by atoms with Crippen LogP contribution < -0.4 is 11.5 Å². The van der Waals surface area contributed by atoms with Gasteiger partial charge in [-0.2, -0.15) is 0 Å². The van der Waals surface area contributed by atoms with Crippen molar-refractivity contribution in [2.75, 3.05) is 6.54 Å². The second-order valence-electron chi connectivity index (χ2n) is 3.96. The number of hydrogen-bond donors (Lipinski definition) is 2. The molecule has 0 saturated carbocycles. The van der Waals surface area contributed by atoms with Crippen molar-refractivity contribution in [3.63, 3.8) is 0 Å². The molecule has 0 atom stereocenters. The number of benzene rings is 1. The molecule has 0 aliphatic rings. The van der Waals surface area contributed by atoms with Gasteiger partial charge in [0.25, 0.3) is 0 Å². The maximum Gasteiger partial charge on any atom is 0.0352 e. The standard InChI is InChI=1S/C11H18N2/c1-11(2,13)10-5-3-4-9(8-10)6-7-12/h3-5,8H,6-7,12-13H2,1-2H3. The van der Waals surface area contributed by atoms with Crippen molar-refractivity contribution in [1.29, 1.82) is 0 Å². The Balaban J connectivity index is 2.92. The van der Waals surface area contributed by atoms with Gasteiger partial charge >= 0.3 is 0 Å². The summed E-state index contributed by atoms with van der Waals surface area (Å²) >= 11 is 0. The second kappa shape index (κ2) is 3.90. The smallest absolute Gasteiger partial charge is 0.0352 e. The van der Waals surface area contributed by atoms with E-state index in [2.05, 4.69) is 18.2 Å². The highest BCUT2D eigenvalue weighted by Crippen LogP contribution is 2.17. The van der Waals surface area contributed by atoms with Crippen LogP contribution in [0.2, 0.25) is 0 Å². The van der Waals surface area contributed by atoms with Crippen LogP contribution in [0.5, 0.6) is 0 Å². The van der Waals surface area contributed by atoms with E-state index < -0.39 is 0 Å². The first-order valence-electron chi connectivity index (χ1n) is 4.62. The molecule has 72 valence electrons.